The van der Waals surface area contributed by atoms with E-state index in [4.69, 9.17) is 0 Å². The normalized spacial score (nSPS) is 11.4. The molecule has 5 nitrogen and oxygen atoms in total. The predicted octanol–water partition coefficient (Wildman–Crippen LogP) is 2.76. The van der Waals surface area contributed by atoms with Crippen molar-refractivity contribution in [2.24, 2.45) is 5.10 Å². The number of carbonyl (C=O) groups excluding carboxylic acids is 2. The lowest BCUT2D eigenvalue weighted by Crippen LogP contribution is -2.35. The molecule has 0 saturated carbocycles. The van der Waals surface area contributed by atoms with Crippen molar-refractivity contribution in [1.29, 1.82) is 0 Å². The van der Waals surface area contributed by atoms with Crippen LogP contribution in [0.4, 0.5) is 4.39 Å². The molecule has 0 bridgehead atoms. The van der Waals surface area contributed by atoms with Crippen molar-refractivity contribution in [2.45, 2.75) is 6.92 Å². The van der Waals surface area contributed by atoms with Crippen LogP contribution in [0.1, 0.15) is 22.8 Å². The van der Waals surface area contributed by atoms with Gasteiger partial charge >= 0.3 is 0 Å². The number of carbonyl (C=O) groups is 2. The molecule has 2 rings (SSSR count). The molecule has 0 aliphatic carbocycles. The number of hydrazone groups is 1. The minimum Gasteiger partial charge on any atom is -0.343 e. The van der Waals surface area contributed by atoms with Crippen molar-refractivity contribution in [3.05, 3.63) is 77.6 Å². The number of nitrogens with zero attached hydrogens (tertiary/aromatic N) is 1. The van der Waals surface area contributed by atoms with Gasteiger partial charge in [-0.3, -0.25) is 9.59 Å². The van der Waals surface area contributed by atoms with E-state index >= 15 is 0 Å². The van der Waals surface area contributed by atoms with Crippen molar-refractivity contribution in [1.82, 2.24) is 10.7 Å². The summed E-state index contributed by atoms with van der Waals surface area (Å²) in [6.45, 7) is 1.43. The summed E-state index contributed by atoms with van der Waals surface area (Å²) in [4.78, 5) is 23.5. The highest BCUT2D eigenvalue weighted by Gasteiger charge is 2.11. The van der Waals surface area contributed by atoms with Gasteiger partial charge in [-0.2, -0.15) is 5.10 Å². The molecule has 0 unspecified atom stereocenters. The topological polar surface area (TPSA) is 70.6 Å². The molecule has 128 valence electrons. The average Bonchev–Trinajstić information content (AvgIpc) is 2.64. The molecule has 2 aromatic rings. The molecule has 0 aromatic heterocycles. The number of hydrogen-bond donors (Lipinski definition) is 2. The van der Waals surface area contributed by atoms with Crippen LogP contribution >= 0.6 is 0 Å². The van der Waals surface area contributed by atoms with Gasteiger partial charge in [0.25, 0.3) is 11.8 Å². The average molecular weight is 339 g/mol. The minimum absolute atomic E-state index is 0.110. The summed E-state index contributed by atoms with van der Waals surface area (Å²) < 4.78 is 13.5. The van der Waals surface area contributed by atoms with Gasteiger partial charge in [0.1, 0.15) is 5.82 Å². The number of rotatable bonds is 6. The van der Waals surface area contributed by atoms with E-state index in [-0.39, 0.29) is 12.1 Å². The van der Waals surface area contributed by atoms with Gasteiger partial charge in [0.05, 0.1) is 17.8 Å². The van der Waals surface area contributed by atoms with Gasteiger partial charge in [0.15, 0.2) is 0 Å². The van der Waals surface area contributed by atoms with Crippen LogP contribution in [0.5, 0.6) is 0 Å². The van der Waals surface area contributed by atoms with E-state index < -0.39 is 17.6 Å². The molecule has 0 atom stereocenters. The van der Waals surface area contributed by atoms with E-state index in [1.54, 1.807) is 19.1 Å². The van der Waals surface area contributed by atoms with Gasteiger partial charge in [0.2, 0.25) is 0 Å². The summed E-state index contributed by atoms with van der Waals surface area (Å²) >= 11 is 0. The Labute approximate surface area is 145 Å². The molecule has 6 heteroatoms. The fourth-order valence-corrected chi connectivity index (χ4v) is 1.91. The highest BCUT2D eigenvalue weighted by atomic mass is 19.1. The molecule has 2 N–H and O–H groups in total. The molecule has 0 aliphatic rings. The Kier molecular flexibility index (Phi) is 6.59. The van der Waals surface area contributed by atoms with Gasteiger partial charge in [-0.05, 0) is 30.7 Å². The largest absolute Gasteiger partial charge is 0.343 e. The Hall–Kier alpha value is -3.28. The van der Waals surface area contributed by atoms with E-state index in [0.717, 1.165) is 5.56 Å². The summed E-state index contributed by atoms with van der Waals surface area (Å²) in [6.07, 6.45) is 3.62. The SMILES string of the molecule is CC(/C=C/c1ccccc1)=NNC(=O)CNC(=O)c1ccccc1F. The summed E-state index contributed by atoms with van der Waals surface area (Å²) in [6, 6.07) is 15.2. The lowest BCUT2D eigenvalue weighted by Gasteiger charge is -2.05. The third kappa shape index (κ3) is 6.02. The van der Waals surface area contributed by atoms with Gasteiger partial charge in [0, 0.05) is 0 Å². The highest BCUT2D eigenvalue weighted by Crippen LogP contribution is 2.05. The lowest BCUT2D eigenvalue weighted by molar-refractivity contribution is -0.120. The first-order chi connectivity index (χ1) is 12.1. The van der Waals surface area contributed by atoms with Crippen LogP contribution in [0, 0.1) is 5.82 Å². The second-order valence-corrected chi connectivity index (χ2v) is 5.19. The maximum Gasteiger partial charge on any atom is 0.259 e. The smallest absolute Gasteiger partial charge is 0.259 e. The second-order valence-electron chi connectivity index (χ2n) is 5.19. The molecular weight excluding hydrogens is 321 g/mol. The maximum atomic E-state index is 13.5. The molecule has 0 fully saturated rings. The third-order valence-electron chi connectivity index (χ3n) is 3.20. The fraction of sp³-hybridized carbons (Fsp3) is 0.105. The monoisotopic (exact) mass is 339 g/mol. The summed E-state index contributed by atoms with van der Waals surface area (Å²) in [5, 5.41) is 6.26. The Morgan fingerprint density at radius 3 is 2.48 bits per heavy atom. The van der Waals surface area contributed by atoms with Crippen LogP contribution in [-0.4, -0.2) is 24.1 Å². The molecule has 0 heterocycles. The van der Waals surface area contributed by atoms with E-state index in [2.05, 4.69) is 15.8 Å². The zero-order chi connectivity index (χ0) is 18.1. The molecule has 0 spiro atoms. The molecule has 0 aliphatic heterocycles. The Morgan fingerprint density at radius 1 is 1.08 bits per heavy atom. The first-order valence-corrected chi connectivity index (χ1v) is 7.65. The zero-order valence-electron chi connectivity index (χ0n) is 13.7. The van der Waals surface area contributed by atoms with Crippen LogP contribution in [0.15, 0.2) is 65.8 Å². The summed E-state index contributed by atoms with van der Waals surface area (Å²) in [7, 11) is 0. The zero-order valence-corrected chi connectivity index (χ0v) is 13.7. The van der Waals surface area contributed by atoms with Crippen molar-refractivity contribution in [3.63, 3.8) is 0 Å². The Morgan fingerprint density at radius 2 is 1.76 bits per heavy atom. The molecule has 2 aromatic carbocycles. The summed E-state index contributed by atoms with van der Waals surface area (Å²) in [5.74, 6) is -1.80. The van der Waals surface area contributed by atoms with Crippen LogP contribution in [-0.2, 0) is 4.79 Å². The van der Waals surface area contributed by atoms with Crippen LogP contribution < -0.4 is 10.7 Å². The number of benzene rings is 2. The van der Waals surface area contributed by atoms with E-state index in [1.807, 2.05) is 36.4 Å². The molecule has 2 amide bonds. The minimum atomic E-state index is -0.655. The predicted molar refractivity (Wildman–Crippen MR) is 95.5 cm³/mol. The number of allylic oxidation sites excluding steroid dienone is 1. The number of amides is 2. The van der Waals surface area contributed by atoms with Gasteiger partial charge < -0.3 is 5.32 Å². The highest BCUT2D eigenvalue weighted by molar-refractivity contribution is 5.98. The van der Waals surface area contributed by atoms with E-state index in [9.17, 15) is 14.0 Å². The van der Waals surface area contributed by atoms with Crippen molar-refractivity contribution in [2.75, 3.05) is 6.54 Å². The van der Waals surface area contributed by atoms with Crippen LogP contribution in [0.25, 0.3) is 6.08 Å². The van der Waals surface area contributed by atoms with Crippen LogP contribution in [0.2, 0.25) is 0 Å². The first-order valence-electron chi connectivity index (χ1n) is 7.65. The number of halogens is 1. The van der Waals surface area contributed by atoms with Crippen molar-refractivity contribution in [3.8, 4) is 0 Å². The Balaban J connectivity index is 1.81. The second kappa shape index (κ2) is 9.12. The fourth-order valence-electron chi connectivity index (χ4n) is 1.91. The molecule has 0 radical (unpaired) electrons. The molecule has 25 heavy (non-hydrogen) atoms. The van der Waals surface area contributed by atoms with E-state index in [0.29, 0.717) is 5.71 Å². The number of nitrogens with one attached hydrogen (secondary N) is 2. The van der Waals surface area contributed by atoms with Crippen molar-refractivity contribution >= 4 is 23.6 Å². The van der Waals surface area contributed by atoms with Crippen molar-refractivity contribution < 1.29 is 14.0 Å². The van der Waals surface area contributed by atoms with Gasteiger partial charge in [-0.1, -0.05) is 48.5 Å². The van der Waals surface area contributed by atoms with E-state index in [1.165, 1.54) is 18.2 Å². The molecular formula is C19H18FN3O2. The Bertz CT molecular complexity index is 801. The molecule has 0 saturated heterocycles. The third-order valence-corrected chi connectivity index (χ3v) is 3.20. The summed E-state index contributed by atoms with van der Waals surface area (Å²) in [5.41, 5.74) is 3.83. The number of hydrogen-bond acceptors (Lipinski definition) is 3. The van der Waals surface area contributed by atoms with Gasteiger partial charge in [-0.25, -0.2) is 9.82 Å². The van der Waals surface area contributed by atoms with Crippen LogP contribution in [0.3, 0.4) is 0 Å². The standard InChI is InChI=1S/C19H18FN3O2/c1-14(11-12-15-7-3-2-4-8-15)22-23-18(24)13-21-19(25)16-9-5-6-10-17(16)20/h2-12H,13H2,1H3,(H,21,25)(H,23,24)/b12-11+,22-14?. The van der Waals surface area contributed by atoms with Gasteiger partial charge in [-0.15, -0.1) is 0 Å². The quantitative estimate of drug-likeness (QED) is 0.627. The lowest BCUT2D eigenvalue weighted by atomic mass is 10.2. The maximum absolute atomic E-state index is 13.5. The first kappa shape index (κ1) is 18.1.